The molecule has 0 N–H and O–H groups in total. The highest BCUT2D eigenvalue weighted by Gasteiger charge is 2.24. The van der Waals surface area contributed by atoms with E-state index in [4.69, 9.17) is 0 Å². The largest absolute Gasteiger partial charge is 0.336 e. The van der Waals surface area contributed by atoms with Crippen molar-refractivity contribution in [3.05, 3.63) is 65.2 Å². The molecule has 2 aliphatic heterocycles. The van der Waals surface area contributed by atoms with E-state index in [9.17, 15) is 9.59 Å². The molecule has 5 nitrogen and oxygen atoms in total. The van der Waals surface area contributed by atoms with E-state index >= 15 is 0 Å². The van der Waals surface area contributed by atoms with E-state index in [0.29, 0.717) is 11.1 Å². The van der Waals surface area contributed by atoms with Crippen LogP contribution >= 0.6 is 0 Å². The van der Waals surface area contributed by atoms with E-state index in [1.807, 2.05) is 28.0 Å². The van der Waals surface area contributed by atoms with Crippen LogP contribution < -0.4 is 4.90 Å². The maximum absolute atomic E-state index is 13.0. The van der Waals surface area contributed by atoms with Crippen molar-refractivity contribution in [3.63, 3.8) is 0 Å². The standard InChI is InChI=1S/C23H27N3O2/c1-2-24-14-16-25(17-15-24)22(27)19-9-11-20(12-10-19)23(28)26-13-5-7-18-6-3-4-8-21(18)26/h3-4,6,8-12H,2,5,7,13-17H2,1H3. The van der Waals surface area contributed by atoms with Gasteiger partial charge in [0, 0.05) is 49.5 Å². The van der Waals surface area contributed by atoms with E-state index in [0.717, 1.165) is 57.8 Å². The van der Waals surface area contributed by atoms with Crippen LogP contribution in [-0.2, 0) is 6.42 Å². The van der Waals surface area contributed by atoms with Gasteiger partial charge in [0.25, 0.3) is 11.8 Å². The van der Waals surface area contributed by atoms with Crippen molar-refractivity contribution >= 4 is 17.5 Å². The van der Waals surface area contributed by atoms with E-state index in [1.54, 1.807) is 24.3 Å². The third kappa shape index (κ3) is 3.67. The molecule has 4 rings (SSSR count). The molecule has 0 atom stereocenters. The molecule has 0 saturated carbocycles. The smallest absolute Gasteiger partial charge is 0.258 e. The van der Waals surface area contributed by atoms with Crippen molar-refractivity contribution in [2.75, 3.05) is 44.2 Å². The van der Waals surface area contributed by atoms with Crippen LogP contribution in [0.25, 0.3) is 0 Å². The highest BCUT2D eigenvalue weighted by atomic mass is 16.2. The van der Waals surface area contributed by atoms with Crippen LogP contribution in [0.1, 0.15) is 39.6 Å². The number of hydrogen-bond donors (Lipinski definition) is 0. The van der Waals surface area contributed by atoms with Gasteiger partial charge in [0.15, 0.2) is 0 Å². The van der Waals surface area contributed by atoms with Crippen molar-refractivity contribution in [3.8, 4) is 0 Å². The molecule has 0 bridgehead atoms. The zero-order valence-electron chi connectivity index (χ0n) is 16.4. The van der Waals surface area contributed by atoms with E-state index in [1.165, 1.54) is 5.56 Å². The molecule has 0 unspecified atom stereocenters. The Labute approximate surface area is 166 Å². The molecule has 28 heavy (non-hydrogen) atoms. The molecular formula is C23H27N3O2. The van der Waals surface area contributed by atoms with Crippen molar-refractivity contribution in [1.29, 1.82) is 0 Å². The summed E-state index contributed by atoms with van der Waals surface area (Å²) in [6, 6.07) is 15.3. The predicted molar refractivity (Wildman–Crippen MR) is 111 cm³/mol. The lowest BCUT2D eigenvalue weighted by atomic mass is 10.0. The summed E-state index contributed by atoms with van der Waals surface area (Å²) in [7, 11) is 0. The minimum Gasteiger partial charge on any atom is -0.336 e. The summed E-state index contributed by atoms with van der Waals surface area (Å²) in [4.78, 5) is 31.9. The van der Waals surface area contributed by atoms with Crippen LogP contribution in [0.4, 0.5) is 5.69 Å². The average Bonchev–Trinajstić information content (AvgIpc) is 2.78. The number of amides is 2. The number of para-hydroxylation sites is 1. The second-order valence-electron chi connectivity index (χ2n) is 7.49. The lowest BCUT2D eigenvalue weighted by molar-refractivity contribution is 0.0643. The minimum absolute atomic E-state index is 0.00251. The molecule has 0 spiro atoms. The normalized spacial score (nSPS) is 17.3. The number of aryl methyl sites for hydroxylation is 1. The van der Waals surface area contributed by atoms with E-state index in [-0.39, 0.29) is 11.8 Å². The zero-order chi connectivity index (χ0) is 19.5. The summed E-state index contributed by atoms with van der Waals surface area (Å²) in [5, 5.41) is 0. The summed E-state index contributed by atoms with van der Waals surface area (Å²) in [5.41, 5.74) is 3.51. The molecule has 1 saturated heterocycles. The molecule has 2 amide bonds. The number of piperazine rings is 1. The van der Waals surface area contributed by atoms with Crippen LogP contribution in [0.15, 0.2) is 48.5 Å². The Morgan fingerprint density at radius 1 is 0.821 bits per heavy atom. The fourth-order valence-corrected chi connectivity index (χ4v) is 4.11. The van der Waals surface area contributed by atoms with Gasteiger partial charge in [0.05, 0.1) is 0 Å². The Morgan fingerprint density at radius 3 is 2.14 bits per heavy atom. The van der Waals surface area contributed by atoms with Crippen molar-refractivity contribution < 1.29 is 9.59 Å². The number of carbonyl (C=O) groups excluding carboxylic acids is 2. The molecule has 2 aliphatic rings. The minimum atomic E-state index is 0.00251. The maximum Gasteiger partial charge on any atom is 0.258 e. The quantitative estimate of drug-likeness (QED) is 0.826. The van der Waals surface area contributed by atoms with Crippen LogP contribution in [0, 0.1) is 0 Å². The highest BCUT2D eigenvalue weighted by Crippen LogP contribution is 2.28. The lowest BCUT2D eigenvalue weighted by Crippen LogP contribution is -2.48. The number of rotatable bonds is 3. The third-order valence-electron chi connectivity index (χ3n) is 5.84. The van der Waals surface area contributed by atoms with Gasteiger partial charge in [-0.05, 0) is 55.3 Å². The first-order chi connectivity index (χ1) is 13.7. The summed E-state index contributed by atoms with van der Waals surface area (Å²) >= 11 is 0. The van der Waals surface area contributed by atoms with Crippen LogP contribution in [0.5, 0.6) is 0 Å². The summed E-state index contributed by atoms with van der Waals surface area (Å²) in [6.45, 7) is 7.28. The Morgan fingerprint density at radius 2 is 1.46 bits per heavy atom. The molecule has 2 aromatic carbocycles. The monoisotopic (exact) mass is 377 g/mol. The summed E-state index contributed by atoms with van der Waals surface area (Å²) < 4.78 is 0. The first kappa shape index (κ1) is 18.7. The second-order valence-corrected chi connectivity index (χ2v) is 7.49. The molecule has 1 fully saturated rings. The van der Waals surface area contributed by atoms with Gasteiger partial charge in [-0.15, -0.1) is 0 Å². The predicted octanol–water partition coefficient (Wildman–Crippen LogP) is 3.06. The molecule has 0 aromatic heterocycles. The molecule has 2 heterocycles. The third-order valence-corrected chi connectivity index (χ3v) is 5.84. The fourth-order valence-electron chi connectivity index (χ4n) is 4.11. The summed E-state index contributed by atoms with van der Waals surface area (Å²) in [5.74, 6) is 0.0563. The summed E-state index contributed by atoms with van der Waals surface area (Å²) in [6.07, 6.45) is 1.99. The SMILES string of the molecule is CCN1CCN(C(=O)c2ccc(C(=O)N3CCCc4ccccc43)cc2)CC1. The van der Waals surface area contributed by atoms with Crippen LogP contribution in [0.2, 0.25) is 0 Å². The zero-order valence-corrected chi connectivity index (χ0v) is 16.4. The number of likely N-dealkylation sites (N-methyl/N-ethyl adjacent to an activating group) is 1. The van der Waals surface area contributed by atoms with Gasteiger partial charge >= 0.3 is 0 Å². The number of fused-ring (bicyclic) bond motifs is 1. The van der Waals surface area contributed by atoms with Gasteiger partial charge in [-0.3, -0.25) is 9.59 Å². The van der Waals surface area contributed by atoms with Crippen LogP contribution in [-0.4, -0.2) is 60.9 Å². The molecule has 146 valence electrons. The number of carbonyl (C=O) groups is 2. The van der Waals surface area contributed by atoms with E-state index in [2.05, 4.69) is 17.9 Å². The number of benzene rings is 2. The van der Waals surface area contributed by atoms with Gasteiger partial charge in [0.2, 0.25) is 0 Å². The maximum atomic E-state index is 13.0. The molecule has 2 aromatic rings. The van der Waals surface area contributed by atoms with Gasteiger partial charge in [-0.25, -0.2) is 0 Å². The van der Waals surface area contributed by atoms with Gasteiger partial charge in [-0.2, -0.15) is 0 Å². The molecule has 0 aliphatic carbocycles. The average molecular weight is 377 g/mol. The lowest BCUT2D eigenvalue weighted by Gasteiger charge is -2.34. The van der Waals surface area contributed by atoms with Gasteiger partial charge < -0.3 is 14.7 Å². The number of hydrogen-bond acceptors (Lipinski definition) is 3. The van der Waals surface area contributed by atoms with Crippen molar-refractivity contribution in [2.45, 2.75) is 19.8 Å². The number of anilines is 1. The van der Waals surface area contributed by atoms with E-state index < -0.39 is 0 Å². The van der Waals surface area contributed by atoms with Crippen molar-refractivity contribution in [2.24, 2.45) is 0 Å². The second kappa shape index (κ2) is 8.15. The van der Waals surface area contributed by atoms with Gasteiger partial charge in [-0.1, -0.05) is 25.1 Å². The Kier molecular flexibility index (Phi) is 5.44. The molecule has 5 heteroatoms. The Hall–Kier alpha value is -2.66. The van der Waals surface area contributed by atoms with Gasteiger partial charge in [0.1, 0.15) is 0 Å². The van der Waals surface area contributed by atoms with Crippen LogP contribution in [0.3, 0.4) is 0 Å². The Balaban J connectivity index is 1.46. The number of nitrogens with zero attached hydrogens (tertiary/aromatic N) is 3. The molecule has 0 radical (unpaired) electrons. The molecular weight excluding hydrogens is 350 g/mol. The first-order valence-corrected chi connectivity index (χ1v) is 10.2. The Bertz CT molecular complexity index is 854. The van der Waals surface area contributed by atoms with Crippen molar-refractivity contribution in [1.82, 2.24) is 9.80 Å². The topological polar surface area (TPSA) is 43.9 Å². The highest BCUT2D eigenvalue weighted by molar-refractivity contribution is 6.07. The first-order valence-electron chi connectivity index (χ1n) is 10.2. The fraction of sp³-hybridized carbons (Fsp3) is 0.391.